The van der Waals surface area contributed by atoms with Gasteiger partial charge < -0.3 is 28.7 Å². The number of anilines is 1. The Morgan fingerprint density at radius 2 is 1.58 bits per heavy atom. The van der Waals surface area contributed by atoms with Gasteiger partial charge in [0.2, 0.25) is 11.2 Å². The van der Waals surface area contributed by atoms with E-state index in [0.717, 1.165) is 11.1 Å². The number of amides is 1. The van der Waals surface area contributed by atoms with Gasteiger partial charge in [0, 0.05) is 11.6 Å². The molecule has 0 aliphatic rings. The summed E-state index contributed by atoms with van der Waals surface area (Å²) in [6, 6.07) is 15.8. The Hall–Kier alpha value is -4.46. The number of ether oxygens (including phenoxy) is 4. The van der Waals surface area contributed by atoms with Gasteiger partial charge in [-0.25, -0.2) is 0 Å². The van der Waals surface area contributed by atoms with Crippen molar-refractivity contribution in [2.45, 2.75) is 13.8 Å². The summed E-state index contributed by atoms with van der Waals surface area (Å²) in [6.45, 7) is 3.35. The lowest BCUT2D eigenvalue weighted by atomic mass is 10.0. The highest BCUT2D eigenvalue weighted by Crippen LogP contribution is 2.33. The van der Waals surface area contributed by atoms with Gasteiger partial charge in [-0.2, -0.15) is 0 Å². The summed E-state index contributed by atoms with van der Waals surface area (Å²) in [5.74, 6) is 1.39. The first-order valence-electron chi connectivity index (χ1n) is 11.2. The highest BCUT2D eigenvalue weighted by atomic mass is 16.5. The summed E-state index contributed by atoms with van der Waals surface area (Å²) in [4.78, 5) is 26.3. The Morgan fingerprint density at radius 3 is 2.25 bits per heavy atom. The largest absolute Gasteiger partial charge is 0.497 e. The molecule has 4 aromatic rings. The number of rotatable bonds is 8. The van der Waals surface area contributed by atoms with Crippen molar-refractivity contribution in [2.75, 3.05) is 33.3 Å². The number of carbonyl (C=O) groups is 1. The van der Waals surface area contributed by atoms with Gasteiger partial charge in [-0.05, 0) is 67.4 Å². The molecule has 1 heterocycles. The maximum Gasteiger partial charge on any atom is 0.262 e. The second-order valence-corrected chi connectivity index (χ2v) is 8.18. The van der Waals surface area contributed by atoms with Gasteiger partial charge in [-0.15, -0.1) is 0 Å². The lowest BCUT2D eigenvalue weighted by molar-refractivity contribution is -0.118. The zero-order valence-electron chi connectivity index (χ0n) is 20.8. The molecule has 0 aliphatic heterocycles. The molecule has 0 saturated carbocycles. The molecule has 0 unspecified atom stereocenters. The Morgan fingerprint density at radius 1 is 0.889 bits per heavy atom. The lowest BCUT2D eigenvalue weighted by Gasteiger charge is -2.14. The molecule has 0 saturated heterocycles. The van der Waals surface area contributed by atoms with E-state index in [1.54, 1.807) is 56.7 Å². The minimum absolute atomic E-state index is 0.0449. The van der Waals surface area contributed by atoms with Gasteiger partial charge in [0.05, 0.1) is 32.4 Å². The third kappa shape index (κ3) is 4.98. The average molecular weight is 490 g/mol. The Balaban J connectivity index is 1.70. The van der Waals surface area contributed by atoms with Crippen LogP contribution in [0.3, 0.4) is 0 Å². The number of fused-ring (bicyclic) bond motifs is 1. The molecule has 8 heteroatoms. The van der Waals surface area contributed by atoms with Gasteiger partial charge >= 0.3 is 0 Å². The molecule has 0 radical (unpaired) electrons. The molecular formula is C28H27NO7. The first-order valence-corrected chi connectivity index (χ1v) is 11.2. The first-order chi connectivity index (χ1) is 17.3. The van der Waals surface area contributed by atoms with Crippen molar-refractivity contribution in [2.24, 2.45) is 0 Å². The minimum atomic E-state index is -0.473. The number of carbonyl (C=O) groups excluding carboxylic acids is 1. The number of hydrogen-bond acceptors (Lipinski definition) is 7. The topological polar surface area (TPSA) is 96.2 Å². The van der Waals surface area contributed by atoms with Crippen LogP contribution in [0.5, 0.6) is 23.0 Å². The van der Waals surface area contributed by atoms with E-state index in [1.807, 2.05) is 26.0 Å². The molecule has 3 aromatic carbocycles. The second kappa shape index (κ2) is 10.4. The van der Waals surface area contributed by atoms with Crippen LogP contribution < -0.4 is 29.7 Å². The molecule has 1 N–H and O–H groups in total. The van der Waals surface area contributed by atoms with E-state index in [4.69, 9.17) is 23.4 Å². The Labute approximate surface area is 208 Å². The zero-order chi connectivity index (χ0) is 25.8. The predicted molar refractivity (Wildman–Crippen MR) is 138 cm³/mol. The van der Waals surface area contributed by atoms with Gasteiger partial charge in [0.15, 0.2) is 12.4 Å². The number of methoxy groups -OCH3 is 3. The maximum atomic E-state index is 13.5. The molecule has 4 rings (SSSR count). The Bertz CT molecular complexity index is 1470. The van der Waals surface area contributed by atoms with Crippen LogP contribution in [0.4, 0.5) is 5.69 Å². The third-order valence-corrected chi connectivity index (χ3v) is 5.68. The summed E-state index contributed by atoms with van der Waals surface area (Å²) in [7, 11) is 4.60. The highest BCUT2D eigenvalue weighted by Gasteiger charge is 2.21. The van der Waals surface area contributed by atoms with Crippen LogP contribution in [-0.4, -0.2) is 33.8 Å². The second-order valence-electron chi connectivity index (χ2n) is 8.18. The quantitative estimate of drug-likeness (QED) is 0.367. The van der Waals surface area contributed by atoms with Crippen LogP contribution in [0, 0.1) is 13.8 Å². The molecule has 186 valence electrons. The highest BCUT2D eigenvalue weighted by molar-refractivity contribution is 5.94. The summed E-state index contributed by atoms with van der Waals surface area (Å²) < 4.78 is 27.7. The van der Waals surface area contributed by atoms with E-state index in [1.165, 1.54) is 7.11 Å². The van der Waals surface area contributed by atoms with E-state index in [2.05, 4.69) is 5.32 Å². The average Bonchev–Trinajstić information content (AvgIpc) is 2.87. The molecule has 1 amide bonds. The number of nitrogens with one attached hydrogen (secondary N) is 1. The van der Waals surface area contributed by atoms with Crippen LogP contribution in [0.25, 0.3) is 22.3 Å². The smallest absolute Gasteiger partial charge is 0.262 e. The van der Waals surface area contributed by atoms with E-state index in [0.29, 0.717) is 39.5 Å². The normalized spacial score (nSPS) is 10.7. The van der Waals surface area contributed by atoms with Gasteiger partial charge in [0.1, 0.15) is 22.8 Å². The van der Waals surface area contributed by atoms with Crippen LogP contribution >= 0.6 is 0 Å². The van der Waals surface area contributed by atoms with Crippen molar-refractivity contribution in [3.8, 4) is 34.3 Å². The number of hydrogen-bond donors (Lipinski definition) is 1. The fourth-order valence-corrected chi connectivity index (χ4v) is 3.96. The summed E-state index contributed by atoms with van der Waals surface area (Å²) >= 11 is 0. The predicted octanol–water partition coefficient (Wildman–Crippen LogP) is 5.12. The van der Waals surface area contributed by atoms with Crippen molar-refractivity contribution in [1.82, 2.24) is 0 Å². The van der Waals surface area contributed by atoms with Crippen molar-refractivity contribution < 1.29 is 28.2 Å². The SMILES string of the molecule is COc1ccc(-c2oc3cc(C)cc(C)c3c(=O)c2OCC(=O)Nc2ccc(OC)cc2OC)cc1. The summed E-state index contributed by atoms with van der Waals surface area (Å²) in [5, 5.41) is 3.15. The van der Waals surface area contributed by atoms with Gasteiger partial charge in [0.25, 0.3) is 5.91 Å². The molecule has 0 spiro atoms. The van der Waals surface area contributed by atoms with Crippen LogP contribution in [0.1, 0.15) is 11.1 Å². The molecule has 8 nitrogen and oxygen atoms in total. The van der Waals surface area contributed by atoms with Crippen LogP contribution in [0.2, 0.25) is 0 Å². The number of benzene rings is 3. The standard InChI is InChI=1S/C28H27NO7/c1-16-12-17(2)25-23(13-16)36-27(18-6-8-19(32-3)9-7-18)28(26(25)31)35-15-24(30)29-21-11-10-20(33-4)14-22(21)34-5/h6-14H,15H2,1-5H3,(H,29,30). The molecule has 1 aromatic heterocycles. The van der Waals surface area contributed by atoms with E-state index in [-0.39, 0.29) is 16.9 Å². The zero-order valence-corrected chi connectivity index (χ0v) is 20.8. The summed E-state index contributed by atoms with van der Waals surface area (Å²) in [5.41, 5.74) is 2.88. The van der Waals surface area contributed by atoms with Gasteiger partial charge in [-0.3, -0.25) is 9.59 Å². The first kappa shape index (κ1) is 24.7. The maximum absolute atomic E-state index is 13.5. The Kier molecular flexibility index (Phi) is 7.15. The molecule has 0 fully saturated rings. The van der Waals surface area contributed by atoms with Gasteiger partial charge in [-0.1, -0.05) is 6.07 Å². The fourth-order valence-electron chi connectivity index (χ4n) is 3.96. The van der Waals surface area contributed by atoms with E-state index < -0.39 is 12.5 Å². The van der Waals surface area contributed by atoms with Crippen molar-refractivity contribution in [3.05, 3.63) is 75.9 Å². The van der Waals surface area contributed by atoms with Crippen molar-refractivity contribution >= 4 is 22.6 Å². The molecule has 0 bridgehead atoms. The third-order valence-electron chi connectivity index (χ3n) is 5.68. The number of aryl methyl sites for hydroxylation is 2. The van der Waals surface area contributed by atoms with Crippen LogP contribution in [0.15, 0.2) is 63.8 Å². The molecule has 36 heavy (non-hydrogen) atoms. The van der Waals surface area contributed by atoms with Crippen molar-refractivity contribution in [1.29, 1.82) is 0 Å². The lowest BCUT2D eigenvalue weighted by Crippen LogP contribution is -2.23. The van der Waals surface area contributed by atoms with Crippen LogP contribution in [-0.2, 0) is 4.79 Å². The van der Waals surface area contributed by atoms with E-state index in [9.17, 15) is 9.59 Å². The minimum Gasteiger partial charge on any atom is -0.497 e. The molecule has 0 atom stereocenters. The molecule has 0 aliphatic carbocycles. The monoisotopic (exact) mass is 489 g/mol. The molecular weight excluding hydrogens is 462 g/mol. The van der Waals surface area contributed by atoms with E-state index >= 15 is 0 Å². The van der Waals surface area contributed by atoms with Crippen molar-refractivity contribution in [3.63, 3.8) is 0 Å². The summed E-state index contributed by atoms with van der Waals surface area (Å²) in [6.07, 6.45) is 0. The fraction of sp³-hybridized carbons (Fsp3) is 0.214.